The van der Waals surface area contributed by atoms with Crippen molar-refractivity contribution in [2.75, 3.05) is 5.32 Å². The van der Waals surface area contributed by atoms with Gasteiger partial charge in [-0.05, 0) is 53.0 Å². The molecular formula is C14H13BrN2O. The highest BCUT2D eigenvalue weighted by molar-refractivity contribution is 9.10. The number of anilines is 1. The second-order valence-electron chi connectivity index (χ2n) is 4.09. The van der Waals surface area contributed by atoms with Crippen molar-refractivity contribution < 1.29 is 4.79 Å². The minimum absolute atomic E-state index is 0.155. The van der Waals surface area contributed by atoms with E-state index < -0.39 is 0 Å². The summed E-state index contributed by atoms with van der Waals surface area (Å²) in [6.45, 7) is 4.01. The van der Waals surface area contributed by atoms with Crippen molar-refractivity contribution in [1.82, 2.24) is 4.98 Å². The molecule has 2 rings (SSSR count). The number of rotatable bonds is 2. The fourth-order valence-electron chi connectivity index (χ4n) is 1.62. The number of nitrogens with one attached hydrogen (secondary N) is 1. The van der Waals surface area contributed by atoms with Crippen LogP contribution in [0.4, 0.5) is 5.69 Å². The van der Waals surface area contributed by atoms with E-state index in [0.29, 0.717) is 5.56 Å². The third kappa shape index (κ3) is 2.76. The molecular weight excluding hydrogens is 292 g/mol. The molecule has 4 heteroatoms. The number of pyridine rings is 1. The molecule has 0 atom stereocenters. The van der Waals surface area contributed by atoms with Crippen LogP contribution in [0.15, 0.2) is 41.1 Å². The maximum absolute atomic E-state index is 12.1. The normalized spacial score (nSPS) is 10.2. The molecule has 1 aromatic heterocycles. The number of halogens is 1. The number of hydrogen-bond donors (Lipinski definition) is 1. The Morgan fingerprint density at radius 2 is 2.06 bits per heavy atom. The minimum atomic E-state index is -0.155. The van der Waals surface area contributed by atoms with Gasteiger partial charge in [-0.2, -0.15) is 0 Å². The summed E-state index contributed by atoms with van der Waals surface area (Å²) in [5.74, 6) is -0.155. The van der Waals surface area contributed by atoms with E-state index in [-0.39, 0.29) is 5.91 Å². The van der Waals surface area contributed by atoms with Crippen molar-refractivity contribution in [3.05, 3.63) is 57.8 Å². The highest BCUT2D eigenvalue weighted by Crippen LogP contribution is 2.19. The lowest BCUT2D eigenvalue weighted by atomic mass is 10.1. The molecule has 0 spiro atoms. The van der Waals surface area contributed by atoms with E-state index in [9.17, 15) is 4.79 Å². The molecule has 92 valence electrons. The molecule has 0 unspecified atom stereocenters. The lowest BCUT2D eigenvalue weighted by Gasteiger charge is -2.10. The molecule has 3 nitrogen and oxygen atoms in total. The molecule has 1 N–H and O–H groups in total. The first kappa shape index (κ1) is 12.8. The standard InChI is InChI=1S/C14H13BrN2O/c1-9-4-3-5-13(10(9)2)17-14(18)11-6-12(15)8-16-7-11/h3-8H,1-2H3,(H,17,18). The number of hydrogen-bond acceptors (Lipinski definition) is 2. The zero-order chi connectivity index (χ0) is 13.1. The average molecular weight is 305 g/mol. The Morgan fingerprint density at radius 1 is 1.28 bits per heavy atom. The van der Waals surface area contributed by atoms with Gasteiger partial charge in [-0.15, -0.1) is 0 Å². The largest absolute Gasteiger partial charge is 0.322 e. The smallest absolute Gasteiger partial charge is 0.257 e. The fourth-order valence-corrected chi connectivity index (χ4v) is 1.98. The number of carbonyl (C=O) groups excluding carboxylic acids is 1. The molecule has 1 aromatic carbocycles. The molecule has 0 radical (unpaired) electrons. The highest BCUT2D eigenvalue weighted by atomic mass is 79.9. The lowest BCUT2D eigenvalue weighted by Crippen LogP contribution is -2.13. The van der Waals surface area contributed by atoms with Crippen LogP contribution in [-0.4, -0.2) is 10.9 Å². The Hall–Kier alpha value is -1.68. The fraction of sp³-hybridized carbons (Fsp3) is 0.143. The van der Waals surface area contributed by atoms with Crippen molar-refractivity contribution in [3.8, 4) is 0 Å². The minimum Gasteiger partial charge on any atom is -0.322 e. The zero-order valence-corrected chi connectivity index (χ0v) is 11.8. The van der Waals surface area contributed by atoms with Gasteiger partial charge in [-0.25, -0.2) is 0 Å². The average Bonchev–Trinajstić information content (AvgIpc) is 2.35. The lowest BCUT2D eigenvalue weighted by molar-refractivity contribution is 0.102. The monoisotopic (exact) mass is 304 g/mol. The first-order valence-corrected chi connectivity index (χ1v) is 6.35. The van der Waals surface area contributed by atoms with Crippen LogP contribution in [0.25, 0.3) is 0 Å². The van der Waals surface area contributed by atoms with E-state index >= 15 is 0 Å². The summed E-state index contributed by atoms with van der Waals surface area (Å²) in [6.07, 6.45) is 3.19. The molecule has 2 aromatic rings. The van der Waals surface area contributed by atoms with Crippen molar-refractivity contribution in [2.24, 2.45) is 0 Å². The maximum atomic E-state index is 12.1. The maximum Gasteiger partial charge on any atom is 0.257 e. The summed E-state index contributed by atoms with van der Waals surface area (Å²) in [5.41, 5.74) is 3.60. The summed E-state index contributed by atoms with van der Waals surface area (Å²) in [7, 11) is 0. The van der Waals surface area contributed by atoms with Gasteiger partial charge in [0, 0.05) is 22.6 Å². The highest BCUT2D eigenvalue weighted by Gasteiger charge is 2.09. The number of carbonyl (C=O) groups is 1. The van der Waals surface area contributed by atoms with Crippen LogP contribution in [0.1, 0.15) is 21.5 Å². The SMILES string of the molecule is Cc1cccc(NC(=O)c2cncc(Br)c2)c1C. The molecule has 0 aliphatic heterocycles. The van der Waals surface area contributed by atoms with Gasteiger partial charge in [-0.3, -0.25) is 9.78 Å². The van der Waals surface area contributed by atoms with Gasteiger partial charge >= 0.3 is 0 Å². The van der Waals surface area contributed by atoms with Crippen LogP contribution in [0.3, 0.4) is 0 Å². The van der Waals surface area contributed by atoms with Gasteiger partial charge < -0.3 is 5.32 Å². The van der Waals surface area contributed by atoms with Crippen molar-refractivity contribution in [2.45, 2.75) is 13.8 Å². The third-order valence-electron chi connectivity index (χ3n) is 2.82. The molecule has 1 heterocycles. The summed E-state index contributed by atoms with van der Waals surface area (Å²) in [5, 5.41) is 2.89. The van der Waals surface area contributed by atoms with E-state index in [2.05, 4.69) is 26.2 Å². The number of aryl methyl sites for hydroxylation is 1. The molecule has 0 aliphatic rings. The van der Waals surface area contributed by atoms with Gasteiger partial charge in [0.1, 0.15) is 0 Å². The Labute approximate surface area is 114 Å². The van der Waals surface area contributed by atoms with E-state index in [1.165, 1.54) is 0 Å². The molecule has 0 fully saturated rings. The first-order valence-electron chi connectivity index (χ1n) is 5.56. The van der Waals surface area contributed by atoms with Crippen LogP contribution >= 0.6 is 15.9 Å². The van der Waals surface area contributed by atoms with Crippen LogP contribution in [-0.2, 0) is 0 Å². The van der Waals surface area contributed by atoms with Gasteiger partial charge in [0.15, 0.2) is 0 Å². The predicted molar refractivity (Wildman–Crippen MR) is 75.8 cm³/mol. The van der Waals surface area contributed by atoms with Gasteiger partial charge in [0.05, 0.1) is 5.56 Å². The Balaban J connectivity index is 2.24. The Kier molecular flexibility index (Phi) is 3.77. The van der Waals surface area contributed by atoms with Crippen molar-refractivity contribution in [1.29, 1.82) is 0 Å². The van der Waals surface area contributed by atoms with Gasteiger partial charge in [0.25, 0.3) is 5.91 Å². The second-order valence-corrected chi connectivity index (χ2v) is 5.01. The summed E-state index contributed by atoms with van der Waals surface area (Å²) >= 11 is 3.30. The summed E-state index contributed by atoms with van der Waals surface area (Å²) in [6, 6.07) is 7.59. The van der Waals surface area contributed by atoms with E-state index in [0.717, 1.165) is 21.3 Å². The molecule has 0 aliphatic carbocycles. The van der Waals surface area contributed by atoms with Crippen molar-refractivity contribution in [3.63, 3.8) is 0 Å². The predicted octanol–water partition coefficient (Wildman–Crippen LogP) is 3.71. The number of benzene rings is 1. The van der Waals surface area contributed by atoms with E-state index in [1.807, 2.05) is 32.0 Å². The third-order valence-corrected chi connectivity index (χ3v) is 3.25. The first-order chi connectivity index (χ1) is 8.58. The van der Waals surface area contributed by atoms with Gasteiger partial charge in [0.2, 0.25) is 0 Å². The van der Waals surface area contributed by atoms with E-state index in [4.69, 9.17) is 0 Å². The second kappa shape index (κ2) is 5.31. The van der Waals surface area contributed by atoms with Crippen LogP contribution in [0.5, 0.6) is 0 Å². The summed E-state index contributed by atoms with van der Waals surface area (Å²) in [4.78, 5) is 16.0. The van der Waals surface area contributed by atoms with Crippen LogP contribution in [0, 0.1) is 13.8 Å². The Morgan fingerprint density at radius 3 is 2.78 bits per heavy atom. The molecule has 0 bridgehead atoms. The number of amides is 1. The molecule has 1 amide bonds. The molecule has 18 heavy (non-hydrogen) atoms. The van der Waals surface area contributed by atoms with Crippen LogP contribution < -0.4 is 5.32 Å². The molecule has 0 saturated carbocycles. The topological polar surface area (TPSA) is 42.0 Å². The summed E-state index contributed by atoms with van der Waals surface area (Å²) < 4.78 is 0.788. The Bertz CT molecular complexity index is 596. The quantitative estimate of drug-likeness (QED) is 0.919. The van der Waals surface area contributed by atoms with Crippen molar-refractivity contribution >= 4 is 27.5 Å². The zero-order valence-electron chi connectivity index (χ0n) is 10.2. The van der Waals surface area contributed by atoms with Gasteiger partial charge in [-0.1, -0.05) is 12.1 Å². The van der Waals surface area contributed by atoms with Crippen LogP contribution in [0.2, 0.25) is 0 Å². The number of nitrogens with zero attached hydrogens (tertiary/aromatic N) is 1. The molecule has 0 saturated heterocycles. The van der Waals surface area contributed by atoms with E-state index in [1.54, 1.807) is 18.5 Å². The number of aromatic nitrogens is 1.